The van der Waals surface area contributed by atoms with Crippen LogP contribution in [0, 0.1) is 0 Å². The van der Waals surface area contributed by atoms with E-state index < -0.39 is 10.0 Å². The first kappa shape index (κ1) is 19.3. The fourth-order valence-electron chi connectivity index (χ4n) is 2.98. The van der Waals surface area contributed by atoms with E-state index >= 15 is 0 Å². The number of benzene rings is 2. The molecule has 0 bridgehead atoms. The monoisotopic (exact) mass is 415 g/mol. The molecular weight excluding hydrogens is 394 g/mol. The van der Waals surface area contributed by atoms with Gasteiger partial charge in [0, 0.05) is 12.0 Å². The summed E-state index contributed by atoms with van der Waals surface area (Å²) in [5, 5.41) is 4.01. The summed E-state index contributed by atoms with van der Waals surface area (Å²) in [6.07, 6.45) is 2.49. The van der Waals surface area contributed by atoms with Crippen molar-refractivity contribution in [1.82, 2.24) is 10.1 Å². The SMILES string of the molecule is COc1ccc(OC)c(S(=O)(=O)Nc2ccccc2Cc2nc(C3CC3)no2)c1. The molecule has 1 N–H and O–H groups in total. The van der Waals surface area contributed by atoms with Crippen molar-refractivity contribution in [2.45, 2.75) is 30.1 Å². The number of sulfonamides is 1. The van der Waals surface area contributed by atoms with E-state index in [-0.39, 0.29) is 10.6 Å². The third kappa shape index (κ3) is 4.19. The topological polar surface area (TPSA) is 104 Å². The molecule has 1 fully saturated rings. The van der Waals surface area contributed by atoms with E-state index in [2.05, 4.69) is 14.9 Å². The Balaban J connectivity index is 1.62. The van der Waals surface area contributed by atoms with Gasteiger partial charge in [0.25, 0.3) is 10.0 Å². The van der Waals surface area contributed by atoms with Gasteiger partial charge in [-0.3, -0.25) is 4.72 Å². The molecule has 0 atom stereocenters. The Bertz CT molecular complexity index is 1120. The highest BCUT2D eigenvalue weighted by atomic mass is 32.2. The maximum atomic E-state index is 13.1. The Kier molecular flexibility index (Phi) is 5.14. The number of rotatable bonds is 8. The number of hydrogen-bond acceptors (Lipinski definition) is 7. The second-order valence-electron chi connectivity index (χ2n) is 6.78. The molecule has 0 radical (unpaired) electrons. The first-order valence-corrected chi connectivity index (χ1v) is 10.6. The first-order valence-electron chi connectivity index (χ1n) is 9.15. The standard InChI is InChI=1S/C20H21N3O5S/c1-26-15-9-10-17(27-2)18(12-15)29(24,25)23-16-6-4-3-5-14(16)11-19-21-20(22-28-19)13-7-8-13/h3-6,9-10,12-13,23H,7-8,11H2,1-2H3. The van der Waals surface area contributed by atoms with Crippen molar-refractivity contribution < 1.29 is 22.4 Å². The fraction of sp³-hybridized carbons (Fsp3) is 0.300. The average molecular weight is 415 g/mol. The average Bonchev–Trinajstić information content (AvgIpc) is 3.48. The highest BCUT2D eigenvalue weighted by molar-refractivity contribution is 7.92. The van der Waals surface area contributed by atoms with Crippen LogP contribution in [0.2, 0.25) is 0 Å². The van der Waals surface area contributed by atoms with Crippen molar-refractivity contribution in [3.8, 4) is 11.5 Å². The summed E-state index contributed by atoms with van der Waals surface area (Å²) in [7, 11) is -1.03. The molecule has 0 aliphatic heterocycles. The molecule has 29 heavy (non-hydrogen) atoms. The van der Waals surface area contributed by atoms with Crippen LogP contribution in [0.3, 0.4) is 0 Å². The number of methoxy groups -OCH3 is 2. The van der Waals surface area contributed by atoms with Gasteiger partial charge >= 0.3 is 0 Å². The van der Waals surface area contributed by atoms with Gasteiger partial charge in [-0.25, -0.2) is 8.42 Å². The summed E-state index contributed by atoms with van der Waals surface area (Å²) in [5.74, 6) is 2.21. The molecule has 1 aliphatic carbocycles. The van der Waals surface area contributed by atoms with Gasteiger partial charge in [-0.1, -0.05) is 23.4 Å². The Morgan fingerprint density at radius 2 is 1.93 bits per heavy atom. The second-order valence-corrected chi connectivity index (χ2v) is 8.43. The van der Waals surface area contributed by atoms with Gasteiger partial charge in [-0.15, -0.1) is 0 Å². The van der Waals surface area contributed by atoms with Gasteiger partial charge < -0.3 is 14.0 Å². The largest absolute Gasteiger partial charge is 0.497 e. The fourth-order valence-corrected chi connectivity index (χ4v) is 4.26. The molecule has 4 rings (SSSR count). The van der Waals surface area contributed by atoms with Gasteiger partial charge in [-0.05, 0) is 36.6 Å². The van der Waals surface area contributed by atoms with E-state index in [0.717, 1.165) is 24.2 Å². The van der Waals surface area contributed by atoms with Gasteiger partial charge in [-0.2, -0.15) is 4.98 Å². The van der Waals surface area contributed by atoms with Crippen LogP contribution in [0.15, 0.2) is 51.9 Å². The molecule has 2 aromatic carbocycles. The van der Waals surface area contributed by atoms with Crippen LogP contribution in [-0.4, -0.2) is 32.8 Å². The molecule has 1 aromatic heterocycles. The Hall–Kier alpha value is -3.07. The minimum Gasteiger partial charge on any atom is -0.497 e. The van der Waals surface area contributed by atoms with E-state index in [1.54, 1.807) is 24.3 Å². The highest BCUT2D eigenvalue weighted by Gasteiger charge is 2.29. The number of aromatic nitrogens is 2. The molecule has 152 valence electrons. The minimum absolute atomic E-state index is 0.0111. The van der Waals surface area contributed by atoms with Crippen molar-refractivity contribution in [2.75, 3.05) is 18.9 Å². The lowest BCUT2D eigenvalue weighted by atomic mass is 10.1. The number of anilines is 1. The predicted molar refractivity (Wildman–Crippen MR) is 106 cm³/mol. The maximum absolute atomic E-state index is 13.1. The predicted octanol–water partition coefficient (Wildman–Crippen LogP) is 3.36. The smallest absolute Gasteiger partial charge is 0.265 e. The number of ether oxygens (including phenoxy) is 2. The molecule has 0 saturated heterocycles. The van der Waals surface area contributed by atoms with Crippen LogP contribution in [0.1, 0.15) is 36.0 Å². The van der Waals surface area contributed by atoms with E-state index in [4.69, 9.17) is 14.0 Å². The summed E-state index contributed by atoms with van der Waals surface area (Å²) in [6, 6.07) is 11.7. The summed E-state index contributed by atoms with van der Waals surface area (Å²) in [6.45, 7) is 0. The Morgan fingerprint density at radius 3 is 2.66 bits per heavy atom. The normalized spacial score (nSPS) is 13.9. The summed E-state index contributed by atoms with van der Waals surface area (Å²) in [5.41, 5.74) is 1.16. The van der Waals surface area contributed by atoms with Crippen molar-refractivity contribution in [2.24, 2.45) is 0 Å². The van der Waals surface area contributed by atoms with Gasteiger partial charge in [0.2, 0.25) is 5.89 Å². The number of nitrogens with one attached hydrogen (secondary N) is 1. The molecule has 8 nitrogen and oxygen atoms in total. The summed E-state index contributed by atoms with van der Waals surface area (Å²) in [4.78, 5) is 4.41. The zero-order chi connectivity index (χ0) is 20.4. The lowest BCUT2D eigenvalue weighted by molar-refractivity contribution is 0.379. The zero-order valence-corrected chi connectivity index (χ0v) is 16.9. The number of nitrogens with zero attached hydrogens (tertiary/aromatic N) is 2. The molecule has 0 unspecified atom stereocenters. The van der Waals surface area contributed by atoms with E-state index in [9.17, 15) is 8.42 Å². The Labute approximate surface area is 168 Å². The molecule has 3 aromatic rings. The second kappa shape index (κ2) is 7.75. The quantitative estimate of drug-likeness (QED) is 0.602. The van der Waals surface area contributed by atoms with Crippen molar-refractivity contribution in [3.05, 3.63) is 59.7 Å². The molecule has 0 spiro atoms. The van der Waals surface area contributed by atoms with Crippen molar-refractivity contribution in [3.63, 3.8) is 0 Å². The lowest BCUT2D eigenvalue weighted by Crippen LogP contribution is -2.15. The van der Waals surface area contributed by atoms with Crippen LogP contribution in [0.25, 0.3) is 0 Å². The number of hydrogen-bond donors (Lipinski definition) is 1. The maximum Gasteiger partial charge on any atom is 0.265 e. The molecule has 1 aliphatic rings. The summed E-state index contributed by atoms with van der Waals surface area (Å²) < 4.78 is 44.5. The summed E-state index contributed by atoms with van der Waals surface area (Å²) >= 11 is 0. The lowest BCUT2D eigenvalue weighted by Gasteiger charge is -2.14. The zero-order valence-electron chi connectivity index (χ0n) is 16.1. The first-order chi connectivity index (χ1) is 14.0. The Morgan fingerprint density at radius 1 is 1.14 bits per heavy atom. The van der Waals surface area contributed by atoms with Crippen LogP contribution < -0.4 is 14.2 Å². The van der Waals surface area contributed by atoms with Gasteiger partial charge in [0.15, 0.2) is 5.82 Å². The van der Waals surface area contributed by atoms with E-state index in [1.807, 2.05) is 12.1 Å². The third-order valence-electron chi connectivity index (χ3n) is 4.69. The number of para-hydroxylation sites is 1. The van der Waals surface area contributed by atoms with E-state index in [0.29, 0.717) is 29.7 Å². The van der Waals surface area contributed by atoms with Crippen LogP contribution in [-0.2, 0) is 16.4 Å². The third-order valence-corrected chi connectivity index (χ3v) is 6.08. The van der Waals surface area contributed by atoms with Crippen LogP contribution in [0.4, 0.5) is 5.69 Å². The highest BCUT2D eigenvalue weighted by Crippen LogP contribution is 2.38. The molecule has 1 saturated carbocycles. The van der Waals surface area contributed by atoms with Crippen LogP contribution >= 0.6 is 0 Å². The van der Waals surface area contributed by atoms with Crippen LogP contribution in [0.5, 0.6) is 11.5 Å². The molecule has 9 heteroatoms. The van der Waals surface area contributed by atoms with Gasteiger partial charge in [0.1, 0.15) is 16.4 Å². The molecular formula is C20H21N3O5S. The van der Waals surface area contributed by atoms with Crippen molar-refractivity contribution in [1.29, 1.82) is 0 Å². The molecule has 1 heterocycles. The van der Waals surface area contributed by atoms with Crippen molar-refractivity contribution >= 4 is 15.7 Å². The van der Waals surface area contributed by atoms with Gasteiger partial charge in [0.05, 0.1) is 26.3 Å². The van der Waals surface area contributed by atoms with E-state index in [1.165, 1.54) is 20.3 Å². The molecule has 0 amide bonds. The minimum atomic E-state index is -3.92.